The first kappa shape index (κ1) is 13.5. The van der Waals surface area contributed by atoms with Crippen LogP contribution in [0.1, 0.15) is 24.1 Å². The van der Waals surface area contributed by atoms with Gasteiger partial charge in [0.25, 0.3) is 0 Å². The van der Waals surface area contributed by atoms with Crippen LogP contribution < -0.4 is 5.32 Å². The fourth-order valence-electron chi connectivity index (χ4n) is 2.26. The van der Waals surface area contributed by atoms with Crippen molar-refractivity contribution in [1.29, 1.82) is 0 Å². The van der Waals surface area contributed by atoms with Crippen molar-refractivity contribution in [3.05, 3.63) is 35.4 Å². The van der Waals surface area contributed by atoms with E-state index in [0.717, 1.165) is 5.56 Å². The number of rotatable bonds is 3. The standard InChI is InChI=1S/C13H19NO3S/c1-9-3-5-11(6-4-9)10(2)14-12-7-18(16,17)8-13(12)15/h3-6,10,12-15H,7-8H2,1-2H3/t10-,12?,13?/m1/s1. The topological polar surface area (TPSA) is 66.4 Å². The van der Waals surface area contributed by atoms with Crippen LogP contribution in [0.3, 0.4) is 0 Å². The first-order chi connectivity index (χ1) is 8.37. The highest BCUT2D eigenvalue weighted by atomic mass is 32.2. The molecule has 1 aromatic rings. The fraction of sp³-hybridized carbons (Fsp3) is 0.538. The van der Waals surface area contributed by atoms with Crippen LogP contribution >= 0.6 is 0 Å². The van der Waals surface area contributed by atoms with Crippen molar-refractivity contribution < 1.29 is 13.5 Å². The molecule has 1 saturated heterocycles. The van der Waals surface area contributed by atoms with E-state index >= 15 is 0 Å². The molecule has 0 saturated carbocycles. The Morgan fingerprint density at radius 2 is 1.89 bits per heavy atom. The van der Waals surface area contributed by atoms with Crippen molar-refractivity contribution in [3.8, 4) is 0 Å². The number of sulfone groups is 1. The van der Waals surface area contributed by atoms with Gasteiger partial charge in [0.05, 0.1) is 17.6 Å². The second-order valence-corrected chi connectivity index (χ2v) is 7.20. The molecule has 100 valence electrons. The predicted molar refractivity (Wildman–Crippen MR) is 71.2 cm³/mol. The molecule has 4 nitrogen and oxygen atoms in total. The van der Waals surface area contributed by atoms with Gasteiger partial charge in [-0.15, -0.1) is 0 Å². The Labute approximate surface area is 108 Å². The van der Waals surface area contributed by atoms with E-state index in [1.807, 2.05) is 38.1 Å². The van der Waals surface area contributed by atoms with Crippen molar-refractivity contribution in [1.82, 2.24) is 5.32 Å². The van der Waals surface area contributed by atoms with E-state index in [4.69, 9.17) is 0 Å². The minimum atomic E-state index is -3.09. The Morgan fingerprint density at radius 1 is 1.28 bits per heavy atom. The van der Waals surface area contributed by atoms with Crippen LogP contribution in [-0.2, 0) is 9.84 Å². The molecule has 0 radical (unpaired) electrons. The Balaban J connectivity index is 2.04. The number of hydrogen-bond donors (Lipinski definition) is 2. The quantitative estimate of drug-likeness (QED) is 0.852. The lowest BCUT2D eigenvalue weighted by Crippen LogP contribution is -2.40. The maximum Gasteiger partial charge on any atom is 0.154 e. The van der Waals surface area contributed by atoms with E-state index < -0.39 is 15.9 Å². The molecule has 1 aliphatic heterocycles. The van der Waals surface area contributed by atoms with Crippen LogP contribution in [0.15, 0.2) is 24.3 Å². The summed E-state index contributed by atoms with van der Waals surface area (Å²) in [7, 11) is -3.09. The lowest BCUT2D eigenvalue weighted by molar-refractivity contribution is 0.160. The zero-order valence-electron chi connectivity index (χ0n) is 10.6. The molecule has 0 bridgehead atoms. The number of aryl methyl sites for hydroxylation is 1. The Bertz CT molecular complexity index is 510. The summed E-state index contributed by atoms with van der Waals surface area (Å²) in [5.41, 5.74) is 2.28. The molecule has 0 aliphatic carbocycles. The van der Waals surface area contributed by atoms with Gasteiger partial charge in [0.2, 0.25) is 0 Å². The van der Waals surface area contributed by atoms with Crippen molar-refractivity contribution >= 4 is 9.84 Å². The molecule has 2 N–H and O–H groups in total. The first-order valence-electron chi connectivity index (χ1n) is 6.08. The molecule has 1 aliphatic rings. The predicted octanol–water partition coefficient (Wildman–Crippen LogP) is 0.804. The van der Waals surface area contributed by atoms with Gasteiger partial charge in [0, 0.05) is 12.1 Å². The summed E-state index contributed by atoms with van der Waals surface area (Å²) in [6.45, 7) is 4.00. The monoisotopic (exact) mass is 269 g/mol. The normalized spacial score (nSPS) is 28.2. The highest BCUT2D eigenvalue weighted by Crippen LogP contribution is 2.18. The van der Waals surface area contributed by atoms with E-state index in [0.29, 0.717) is 0 Å². The van der Waals surface area contributed by atoms with Gasteiger partial charge in [-0.25, -0.2) is 8.42 Å². The lowest BCUT2D eigenvalue weighted by atomic mass is 10.1. The molecule has 2 unspecified atom stereocenters. The number of nitrogens with one attached hydrogen (secondary N) is 1. The van der Waals surface area contributed by atoms with Crippen LogP contribution in [-0.4, -0.2) is 37.2 Å². The maximum atomic E-state index is 11.4. The number of aliphatic hydroxyl groups is 1. The molecule has 3 atom stereocenters. The molecule has 0 aromatic heterocycles. The Hall–Kier alpha value is -0.910. The third-order valence-electron chi connectivity index (χ3n) is 3.36. The second-order valence-electron chi connectivity index (χ2n) is 5.05. The third kappa shape index (κ3) is 3.10. The summed E-state index contributed by atoms with van der Waals surface area (Å²) >= 11 is 0. The number of hydrogen-bond acceptors (Lipinski definition) is 4. The maximum absolute atomic E-state index is 11.4. The molecule has 1 heterocycles. The Morgan fingerprint density at radius 3 is 2.39 bits per heavy atom. The molecule has 5 heteroatoms. The van der Waals surface area contributed by atoms with Crippen molar-refractivity contribution in [3.63, 3.8) is 0 Å². The van der Waals surface area contributed by atoms with Gasteiger partial charge in [0.1, 0.15) is 0 Å². The molecule has 1 fully saturated rings. The average molecular weight is 269 g/mol. The van der Waals surface area contributed by atoms with Crippen LogP contribution in [0.2, 0.25) is 0 Å². The molecular formula is C13H19NO3S. The zero-order valence-corrected chi connectivity index (χ0v) is 11.4. The van der Waals surface area contributed by atoms with E-state index in [-0.39, 0.29) is 23.6 Å². The van der Waals surface area contributed by atoms with Gasteiger partial charge in [-0.3, -0.25) is 0 Å². The van der Waals surface area contributed by atoms with Crippen molar-refractivity contribution in [2.75, 3.05) is 11.5 Å². The number of benzene rings is 1. The smallest absolute Gasteiger partial charge is 0.154 e. The minimum absolute atomic E-state index is 0.0182. The summed E-state index contributed by atoms with van der Waals surface area (Å²) in [4.78, 5) is 0. The van der Waals surface area contributed by atoms with Crippen LogP contribution in [0.4, 0.5) is 0 Å². The van der Waals surface area contributed by atoms with Gasteiger partial charge in [0.15, 0.2) is 9.84 Å². The minimum Gasteiger partial charge on any atom is -0.390 e. The van der Waals surface area contributed by atoms with Gasteiger partial charge >= 0.3 is 0 Å². The molecule has 1 aromatic carbocycles. The Kier molecular flexibility index (Phi) is 3.75. The van der Waals surface area contributed by atoms with Gasteiger partial charge < -0.3 is 10.4 Å². The van der Waals surface area contributed by atoms with E-state index in [1.165, 1.54) is 5.56 Å². The molecule has 0 amide bonds. The molecule has 2 rings (SSSR count). The van der Waals surface area contributed by atoms with Crippen molar-refractivity contribution in [2.24, 2.45) is 0 Å². The summed E-state index contributed by atoms with van der Waals surface area (Å²) in [5, 5.41) is 12.9. The van der Waals surface area contributed by atoms with Gasteiger partial charge in [-0.2, -0.15) is 0 Å². The molecule has 18 heavy (non-hydrogen) atoms. The van der Waals surface area contributed by atoms with Crippen LogP contribution in [0, 0.1) is 6.92 Å². The SMILES string of the molecule is Cc1ccc([C@@H](C)NC2CS(=O)(=O)CC2O)cc1. The third-order valence-corrected chi connectivity index (χ3v) is 5.08. The summed E-state index contributed by atoms with van der Waals surface area (Å²) in [6, 6.07) is 7.74. The first-order valence-corrected chi connectivity index (χ1v) is 7.90. The van der Waals surface area contributed by atoms with E-state index in [9.17, 15) is 13.5 Å². The summed E-state index contributed by atoms with van der Waals surface area (Å²) < 4.78 is 22.8. The molecular weight excluding hydrogens is 250 g/mol. The average Bonchev–Trinajstić information content (AvgIpc) is 2.52. The van der Waals surface area contributed by atoms with Crippen LogP contribution in [0.5, 0.6) is 0 Å². The van der Waals surface area contributed by atoms with Crippen LogP contribution in [0.25, 0.3) is 0 Å². The van der Waals surface area contributed by atoms with Gasteiger partial charge in [-0.05, 0) is 19.4 Å². The summed E-state index contributed by atoms with van der Waals surface area (Å²) in [5.74, 6) is -0.115. The van der Waals surface area contributed by atoms with E-state index in [1.54, 1.807) is 0 Å². The second kappa shape index (κ2) is 4.99. The highest BCUT2D eigenvalue weighted by Gasteiger charge is 2.36. The highest BCUT2D eigenvalue weighted by molar-refractivity contribution is 7.91. The largest absolute Gasteiger partial charge is 0.390 e. The van der Waals surface area contributed by atoms with Gasteiger partial charge in [-0.1, -0.05) is 29.8 Å². The zero-order chi connectivity index (χ0) is 13.3. The fourth-order valence-corrected chi connectivity index (χ4v) is 4.01. The summed E-state index contributed by atoms with van der Waals surface area (Å²) in [6.07, 6.45) is -0.803. The lowest BCUT2D eigenvalue weighted by Gasteiger charge is -2.21. The molecule has 0 spiro atoms. The number of aliphatic hydroxyl groups excluding tert-OH is 1. The van der Waals surface area contributed by atoms with Crippen molar-refractivity contribution in [2.45, 2.75) is 32.0 Å². The van der Waals surface area contributed by atoms with E-state index in [2.05, 4.69) is 5.32 Å².